The summed E-state index contributed by atoms with van der Waals surface area (Å²) in [4.78, 5) is 9.22. The average Bonchev–Trinajstić information content (AvgIpc) is 3.45. The van der Waals surface area contributed by atoms with Crippen molar-refractivity contribution in [1.29, 1.82) is 0 Å². The Balaban J connectivity index is -0.000000316. The molecule has 13 heteroatoms. The van der Waals surface area contributed by atoms with Gasteiger partial charge in [0, 0.05) is 69.4 Å². The van der Waals surface area contributed by atoms with Gasteiger partial charge in [-0.15, -0.1) is 0 Å². The van der Waals surface area contributed by atoms with Crippen LogP contribution in [0.2, 0.25) is 0 Å². The zero-order chi connectivity index (χ0) is 61.5. The summed E-state index contributed by atoms with van der Waals surface area (Å²) in [5, 5.41) is 0. The number of rotatable bonds is 48. The Morgan fingerprint density at radius 2 is 0.333 bits per heavy atom. The quantitative estimate of drug-likeness (QED) is 0.0327. The van der Waals surface area contributed by atoms with Crippen LogP contribution in [0.15, 0.2) is 0 Å². The summed E-state index contributed by atoms with van der Waals surface area (Å²) >= 11 is 42.5. The molecule has 0 saturated carbocycles. The van der Waals surface area contributed by atoms with Gasteiger partial charge in [0.2, 0.25) is 0 Å². The second kappa shape index (κ2) is 65.4. The van der Waals surface area contributed by atoms with Gasteiger partial charge in [-0.3, -0.25) is 0 Å². The van der Waals surface area contributed by atoms with Crippen molar-refractivity contribution in [2.45, 2.75) is 316 Å². The second-order valence-electron chi connectivity index (χ2n) is 24.0. The van der Waals surface area contributed by atoms with E-state index in [0.29, 0.717) is 17.3 Å². The molecule has 0 aromatic rings. The first kappa shape index (κ1) is 90.7. The first-order chi connectivity index (χ1) is 38.3. The summed E-state index contributed by atoms with van der Waals surface area (Å²) in [5.41, 5.74) is 0. The van der Waals surface area contributed by atoms with Crippen molar-refractivity contribution in [3.05, 3.63) is 0 Å². The summed E-state index contributed by atoms with van der Waals surface area (Å²) in [6.07, 6.45) is 41.2. The third-order valence-corrected chi connectivity index (χ3v) is 19.3. The van der Waals surface area contributed by atoms with Crippen molar-refractivity contribution in [3.63, 3.8) is 0 Å². The fourth-order valence-electron chi connectivity index (χ4n) is 10.7. The molecule has 1 radical (unpaired) electrons. The van der Waals surface area contributed by atoms with Crippen LogP contribution >= 0.6 is 48.9 Å². The molecular weight excluding hydrogens is 1180 g/mol. The van der Waals surface area contributed by atoms with Gasteiger partial charge in [-0.1, -0.05) is 282 Å². The van der Waals surface area contributed by atoms with E-state index in [0.717, 1.165) is 99.7 Å². The molecule has 0 rings (SSSR count). The van der Waals surface area contributed by atoms with Crippen LogP contribution in [-0.4, -0.2) is 89.2 Å². The Bertz CT molecular complexity index is 1110. The van der Waals surface area contributed by atoms with Gasteiger partial charge in [-0.05, 0) is 98.7 Å². The smallest absolute Gasteiger partial charge is 0.0190 e. The Labute approximate surface area is 564 Å². The van der Waals surface area contributed by atoms with Crippen molar-refractivity contribution in [1.82, 2.24) is 19.6 Å². The van der Waals surface area contributed by atoms with Crippen LogP contribution in [0.5, 0.6) is 0 Å². The van der Waals surface area contributed by atoms with E-state index in [1.807, 2.05) is 0 Å². The predicted molar refractivity (Wildman–Crippen MR) is 393 cm³/mol. The van der Waals surface area contributed by atoms with Gasteiger partial charge in [-0.25, -0.2) is 0 Å². The van der Waals surface area contributed by atoms with E-state index in [9.17, 15) is 0 Å². The average molecular weight is 1320 g/mol. The fraction of sp³-hybridized carbons (Fsp3) is 0.941. The van der Waals surface area contributed by atoms with Gasteiger partial charge in [0.1, 0.15) is 0 Å². The summed E-state index contributed by atoms with van der Waals surface area (Å²) in [6, 6.07) is 0. The van der Waals surface area contributed by atoms with E-state index in [1.54, 1.807) is 0 Å². The van der Waals surface area contributed by atoms with Crippen LogP contribution in [0.25, 0.3) is 0 Å². The molecule has 487 valence electrons. The molecule has 0 heterocycles. The summed E-state index contributed by atoms with van der Waals surface area (Å²) in [6.45, 7) is 45.0. The van der Waals surface area contributed by atoms with Gasteiger partial charge in [-0.2, -0.15) is 0 Å². The van der Waals surface area contributed by atoms with E-state index in [-0.39, 0.29) is 17.1 Å². The Hall–Kier alpha value is 0.959. The Kier molecular flexibility index (Phi) is 73.2. The summed E-state index contributed by atoms with van der Waals surface area (Å²) in [5.74, 6) is 6.00. The first-order valence-electron chi connectivity index (χ1n) is 34.2. The Morgan fingerprint density at radius 3 is 0.395 bits per heavy atom. The van der Waals surface area contributed by atoms with Crippen LogP contribution in [0, 0.1) is 47.3 Å². The largest absolute Gasteiger partial charge is 0.411 e. The fourth-order valence-corrected chi connectivity index (χ4v) is 11.9. The molecule has 4 nitrogen and oxygen atoms in total. The van der Waals surface area contributed by atoms with Gasteiger partial charge >= 0.3 is 0 Å². The minimum Gasteiger partial charge on any atom is -0.411 e. The third-order valence-electron chi connectivity index (χ3n) is 17.2. The Morgan fingerprint density at radius 1 is 0.235 bits per heavy atom. The molecule has 0 N–H and O–H groups in total. The summed E-state index contributed by atoms with van der Waals surface area (Å²) < 4.78 is 2.70. The molecule has 0 aliphatic rings. The molecule has 8 atom stereocenters. The van der Waals surface area contributed by atoms with Gasteiger partial charge in [0.25, 0.3) is 0 Å². The molecule has 0 aromatic carbocycles. The number of hydrogen-bond acceptors (Lipinski definition) is 8. The number of unbranched alkanes of at least 4 members (excludes halogenated alkanes) is 8. The van der Waals surface area contributed by atoms with Crippen LogP contribution in [-0.2, 0) is 67.6 Å². The second-order valence-corrected chi connectivity index (χ2v) is 28.1. The van der Waals surface area contributed by atoms with E-state index in [2.05, 4.69) is 130 Å². The standard InChI is InChI=1S/4C17H35NS2.Mn/c4*1-5-9-11-15(7-3)13-18(17(19)20)14-16(8-4)12-10-6-2;/h4*15-16H,5-14H2,1-4H3,(H,19,20);/p-4. The van der Waals surface area contributed by atoms with Crippen molar-refractivity contribution < 1.29 is 17.1 Å². The molecule has 0 aromatic heterocycles. The van der Waals surface area contributed by atoms with Gasteiger partial charge in [0.15, 0.2) is 0 Å². The number of hydrogen-bond donors (Lipinski definition) is 0. The van der Waals surface area contributed by atoms with Crippen LogP contribution in [0.3, 0.4) is 0 Å². The molecule has 8 unspecified atom stereocenters. The molecule has 0 saturated heterocycles. The van der Waals surface area contributed by atoms with Crippen molar-refractivity contribution in [2.75, 3.05) is 52.4 Å². The van der Waals surface area contributed by atoms with Crippen molar-refractivity contribution in [2.24, 2.45) is 47.3 Å². The monoisotopic (exact) mass is 1320 g/mol. The number of thiocarbonyl (C=S) groups is 4. The molecule has 0 fully saturated rings. The maximum absolute atomic E-state index is 5.32. The maximum atomic E-state index is 5.32. The minimum atomic E-state index is 0. The molecule has 0 spiro atoms. The van der Waals surface area contributed by atoms with Crippen LogP contribution in [0.4, 0.5) is 0 Å². The molecule has 0 aliphatic heterocycles. The zero-order valence-corrected chi connectivity index (χ0v) is 64.0. The normalized spacial score (nSPS) is 13.8. The van der Waals surface area contributed by atoms with E-state index < -0.39 is 0 Å². The zero-order valence-electron chi connectivity index (χ0n) is 56.3. The summed E-state index contributed by atoms with van der Waals surface area (Å²) in [7, 11) is 0. The van der Waals surface area contributed by atoms with E-state index in [4.69, 9.17) is 99.4 Å². The molecule has 0 aliphatic carbocycles. The molecule has 0 bridgehead atoms. The van der Waals surface area contributed by atoms with E-state index in [1.165, 1.54) is 205 Å². The number of nitrogens with zero attached hydrogens (tertiary/aromatic N) is 4. The SMILES string of the molecule is CCCCC(CC)CN(CC(CC)CCCC)C(=S)[S-].CCCCC(CC)CN(CC(CC)CCCC)C(=S)[S-].CCCCC(CC)CN(CC(CC)CCCC)C(=S)[S-].CCCCC(CC)CN(CC(CC)CCCC)C(=S)[S-].[Mn]. The van der Waals surface area contributed by atoms with Crippen molar-refractivity contribution in [3.8, 4) is 0 Å². The van der Waals surface area contributed by atoms with Gasteiger partial charge < -0.3 is 119 Å². The molecular formula is C68H136MnN4S8-4. The topological polar surface area (TPSA) is 13.0 Å². The van der Waals surface area contributed by atoms with Crippen LogP contribution < -0.4 is 0 Å². The van der Waals surface area contributed by atoms with Crippen molar-refractivity contribution >= 4 is 117 Å². The minimum absolute atomic E-state index is 0. The predicted octanol–water partition coefficient (Wildman–Crippen LogP) is 22.2. The molecule has 81 heavy (non-hydrogen) atoms. The first-order valence-corrected chi connectivity index (χ1v) is 37.4. The van der Waals surface area contributed by atoms with Crippen LogP contribution in [0.1, 0.15) is 316 Å². The van der Waals surface area contributed by atoms with Gasteiger partial charge in [0.05, 0.1) is 0 Å². The maximum Gasteiger partial charge on any atom is 0.0190 e. The van der Waals surface area contributed by atoms with E-state index >= 15 is 0 Å². The molecule has 0 amide bonds. The third kappa shape index (κ3) is 53.7.